The van der Waals surface area contributed by atoms with Gasteiger partial charge in [-0.15, -0.1) is 0 Å². The lowest BCUT2D eigenvalue weighted by molar-refractivity contribution is 0.249. The van der Waals surface area contributed by atoms with Gasteiger partial charge in [-0.1, -0.05) is 30.3 Å². The smallest absolute Gasteiger partial charge is 0.320 e. The number of aromatic nitrogens is 1. The Balaban J connectivity index is 1.97. The van der Waals surface area contributed by atoms with Gasteiger partial charge in [-0.2, -0.15) is 9.64 Å². The zero-order valence-corrected chi connectivity index (χ0v) is 11.8. The molecule has 20 heavy (non-hydrogen) atoms. The van der Waals surface area contributed by atoms with E-state index in [1.807, 2.05) is 42.5 Å². The van der Waals surface area contributed by atoms with Gasteiger partial charge in [0.1, 0.15) is 5.00 Å². The Morgan fingerprint density at radius 1 is 1.45 bits per heavy atom. The molecule has 2 rings (SSSR count). The third-order valence-electron chi connectivity index (χ3n) is 2.59. The third-order valence-corrected chi connectivity index (χ3v) is 3.30. The zero-order valence-electron chi connectivity index (χ0n) is 11.0. The molecule has 1 aromatic carbocycles. The van der Waals surface area contributed by atoms with Crippen molar-refractivity contribution in [3.8, 4) is 17.3 Å². The molecule has 0 fully saturated rings. The number of nitrogens with one attached hydrogen (secondary N) is 2. The Bertz CT molecular complexity index is 618. The molecule has 6 heteroatoms. The van der Waals surface area contributed by atoms with Crippen molar-refractivity contribution < 1.29 is 4.79 Å². The van der Waals surface area contributed by atoms with Crippen LogP contribution in [0.2, 0.25) is 0 Å². The van der Waals surface area contributed by atoms with Gasteiger partial charge in [0.25, 0.3) is 0 Å². The molecular weight excluding hydrogens is 272 g/mol. The quantitative estimate of drug-likeness (QED) is 0.905. The van der Waals surface area contributed by atoms with Gasteiger partial charge >= 0.3 is 6.03 Å². The number of nitrogens with zero attached hydrogens (tertiary/aromatic N) is 2. The number of hydrogen-bond donors (Lipinski definition) is 2. The van der Waals surface area contributed by atoms with E-state index in [2.05, 4.69) is 15.0 Å². The van der Waals surface area contributed by atoms with Crippen LogP contribution in [0.15, 0.2) is 36.4 Å². The Morgan fingerprint density at radius 2 is 2.20 bits per heavy atom. The maximum absolute atomic E-state index is 11.7. The van der Waals surface area contributed by atoms with Crippen LogP contribution in [-0.4, -0.2) is 16.4 Å². The fourth-order valence-corrected chi connectivity index (χ4v) is 2.30. The number of benzene rings is 1. The second kappa shape index (κ2) is 6.68. The summed E-state index contributed by atoms with van der Waals surface area (Å²) in [7, 11) is 0. The lowest BCUT2D eigenvalue weighted by atomic mass is 10.2. The van der Waals surface area contributed by atoms with Crippen molar-refractivity contribution >= 4 is 22.6 Å². The van der Waals surface area contributed by atoms with Crippen molar-refractivity contribution in [2.75, 3.05) is 5.32 Å². The number of nitriles is 1. The van der Waals surface area contributed by atoms with E-state index in [0.717, 1.165) is 11.3 Å². The van der Waals surface area contributed by atoms with Gasteiger partial charge in [0.05, 0.1) is 18.2 Å². The first kappa shape index (κ1) is 14.0. The number of carbonyl (C=O) groups is 1. The highest BCUT2D eigenvalue weighted by Crippen LogP contribution is 2.24. The minimum absolute atomic E-state index is 0.179. The molecule has 2 N–H and O–H groups in total. The van der Waals surface area contributed by atoms with Crippen LogP contribution in [0, 0.1) is 11.3 Å². The number of hydrogen-bond acceptors (Lipinski definition) is 4. The summed E-state index contributed by atoms with van der Waals surface area (Å²) in [6.45, 7) is 1.78. The summed E-state index contributed by atoms with van der Waals surface area (Å²) in [4.78, 5) is 11.7. The monoisotopic (exact) mass is 286 g/mol. The fourth-order valence-electron chi connectivity index (χ4n) is 1.64. The standard InChI is InChI=1S/C14H14N4OS/c1-10(7-8-15)16-14(19)17-13-9-12(18-20-13)11-5-3-2-4-6-11/h2-6,9-10H,7H2,1H3,(H2,16,17,19). The first-order valence-electron chi connectivity index (χ1n) is 6.15. The average Bonchev–Trinajstić information content (AvgIpc) is 2.88. The molecule has 0 saturated heterocycles. The topological polar surface area (TPSA) is 77.8 Å². The van der Waals surface area contributed by atoms with Crippen LogP contribution in [-0.2, 0) is 0 Å². The van der Waals surface area contributed by atoms with Gasteiger partial charge in [0, 0.05) is 17.7 Å². The maximum Gasteiger partial charge on any atom is 0.320 e. The van der Waals surface area contributed by atoms with Crippen molar-refractivity contribution in [1.29, 1.82) is 5.26 Å². The van der Waals surface area contributed by atoms with Crippen LogP contribution < -0.4 is 10.6 Å². The minimum atomic E-state index is -0.323. The molecule has 1 aromatic heterocycles. The number of rotatable bonds is 4. The SMILES string of the molecule is CC(CC#N)NC(=O)Nc1cc(-c2ccccc2)ns1. The molecule has 102 valence electrons. The van der Waals surface area contributed by atoms with Crippen LogP contribution in [0.1, 0.15) is 13.3 Å². The summed E-state index contributed by atoms with van der Waals surface area (Å²) in [5.41, 5.74) is 1.84. The normalized spacial score (nSPS) is 11.4. The van der Waals surface area contributed by atoms with E-state index in [0.29, 0.717) is 5.00 Å². The summed E-state index contributed by atoms with van der Waals surface area (Å²) >= 11 is 1.23. The van der Waals surface area contributed by atoms with Crippen LogP contribution in [0.25, 0.3) is 11.3 Å². The second-order valence-corrected chi connectivity index (χ2v) is 5.11. The molecule has 2 aromatic rings. The largest absolute Gasteiger partial charge is 0.334 e. The first-order chi connectivity index (χ1) is 9.69. The van der Waals surface area contributed by atoms with Gasteiger partial charge in [0.2, 0.25) is 0 Å². The van der Waals surface area contributed by atoms with E-state index in [4.69, 9.17) is 5.26 Å². The molecule has 1 unspecified atom stereocenters. The van der Waals surface area contributed by atoms with E-state index in [-0.39, 0.29) is 18.5 Å². The van der Waals surface area contributed by atoms with Gasteiger partial charge in [-0.05, 0) is 18.5 Å². The van der Waals surface area contributed by atoms with Crippen molar-refractivity contribution in [2.24, 2.45) is 0 Å². The van der Waals surface area contributed by atoms with Crippen LogP contribution in [0.4, 0.5) is 9.80 Å². The summed E-state index contributed by atoms with van der Waals surface area (Å²) in [5, 5.41) is 14.6. The van der Waals surface area contributed by atoms with Gasteiger partial charge in [-0.3, -0.25) is 5.32 Å². The van der Waals surface area contributed by atoms with Crippen LogP contribution in [0.3, 0.4) is 0 Å². The summed E-state index contributed by atoms with van der Waals surface area (Å²) < 4.78 is 4.30. The highest BCUT2D eigenvalue weighted by molar-refractivity contribution is 7.10. The lowest BCUT2D eigenvalue weighted by Crippen LogP contribution is -2.35. The molecule has 0 spiro atoms. The molecule has 0 aliphatic rings. The van der Waals surface area contributed by atoms with E-state index < -0.39 is 0 Å². The molecule has 1 atom stereocenters. The van der Waals surface area contributed by atoms with Gasteiger partial charge in [-0.25, -0.2) is 4.79 Å². The molecule has 5 nitrogen and oxygen atoms in total. The predicted octanol–water partition coefficient (Wildman–Crippen LogP) is 3.23. The highest BCUT2D eigenvalue weighted by atomic mass is 32.1. The van der Waals surface area contributed by atoms with Crippen LogP contribution in [0.5, 0.6) is 0 Å². The highest BCUT2D eigenvalue weighted by Gasteiger charge is 2.09. The van der Waals surface area contributed by atoms with E-state index >= 15 is 0 Å². The summed E-state index contributed by atoms with van der Waals surface area (Å²) in [6.07, 6.45) is 0.283. The maximum atomic E-state index is 11.7. The van der Waals surface area contributed by atoms with E-state index in [1.54, 1.807) is 6.92 Å². The number of urea groups is 1. The molecule has 0 aliphatic carbocycles. The van der Waals surface area contributed by atoms with E-state index in [9.17, 15) is 4.79 Å². The molecule has 2 amide bonds. The molecule has 0 aliphatic heterocycles. The Kier molecular flexibility index (Phi) is 4.69. The minimum Gasteiger partial charge on any atom is -0.334 e. The Hall–Kier alpha value is -2.39. The number of carbonyl (C=O) groups excluding carboxylic acids is 1. The molecule has 0 radical (unpaired) electrons. The van der Waals surface area contributed by atoms with E-state index in [1.165, 1.54) is 11.5 Å². The first-order valence-corrected chi connectivity index (χ1v) is 6.93. The Labute approximate surface area is 121 Å². The third kappa shape index (κ3) is 3.80. The van der Waals surface area contributed by atoms with Crippen molar-refractivity contribution in [2.45, 2.75) is 19.4 Å². The molecule has 0 bridgehead atoms. The van der Waals surface area contributed by atoms with Crippen molar-refractivity contribution in [1.82, 2.24) is 9.69 Å². The molecule has 0 saturated carbocycles. The van der Waals surface area contributed by atoms with Crippen LogP contribution >= 0.6 is 11.5 Å². The molecular formula is C14H14N4OS. The number of anilines is 1. The summed E-state index contributed by atoms with van der Waals surface area (Å²) in [6, 6.07) is 13.1. The van der Waals surface area contributed by atoms with Gasteiger partial charge < -0.3 is 5.32 Å². The zero-order chi connectivity index (χ0) is 14.4. The number of amides is 2. The lowest BCUT2D eigenvalue weighted by Gasteiger charge is -2.09. The second-order valence-electron chi connectivity index (χ2n) is 4.30. The van der Waals surface area contributed by atoms with Crippen molar-refractivity contribution in [3.05, 3.63) is 36.4 Å². The van der Waals surface area contributed by atoms with Gasteiger partial charge in [0.15, 0.2) is 0 Å². The average molecular weight is 286 g/mol. The molecule has 1 heterocycles. The van der Waals surface area contributed by atoms with Crippen molar-refractivity contribution in [3.63, 3.8) is 0 Å². The Morgan fingerprint density at radius 3 is 2.90 bits per heavy atom. The predicted molar refractivity (Wildman–Crippen MR) is 79.4 cm³/mol. The fraction of sp³-hybridized carbons (Fsp3) is 0.214. The summed E-state index contributed by atoms with van der Waals surface area (Å²) in [5.74, 6) is 0.